The molecule has 3 aromatic heterocycles. The number of hydrogen-bond acceptors (Lipinski definition) is 14. The fourth-order valence-electron chi connectivity index (χ4n) is 18.5. The molecule has 20 nitrogen and oxygen atoms in total. The van der Waals surface area contributed by atoms with E-state index in [1.165, 1.54) is 36.0 Å². The molecular weight excluding hydrogens is 1480 g/mol. The van der Waals surface area contributed by atoms with Crippen LogP contribution >= 0.6 is 15.9 Å². The van der Waals surface area contributed by atoms with E-state index in [1.54, 1.807) is 55.0 Å². The first-order chi connectivity index (χ1) is 54.0. The quantitative estimate of drug-likeness (QED) is 0.0961. The second-order valence-electron chi connectivity index (χ2n) is 33.5. The average Bonchev–Trinajstić information content (AvgIpc) is 1.58. The summed E-state index contributed by atoms with van der Waals surface area (Å²) in [5.41, 5.74) is 12.0. The summed E-state index contributed by atoms with van der Waals surface area (Å²) in [6, 6.07) is 47.7. The maximum absolute atomic E-state index is 12.7. The summed E-state index contributed by atoms with van der Waals surface area (Å²) in [4.78, 5) is 90.7. The summed E-state index contributed by atoms with van der Waals surface area (Å²) in [6.45, 7) is 15.6. The number of aromatic carboxylic acids is 3. The van der Waals surface area contributed by atoms with E-state index in [-0.39, 0.29) is 71.0 Å². The number of nitrogens with zero attached hydrogens (tertiary/aromatic N) is 6. The summed E-state index contributed by atoms with van der Waals surface area (Å²) >= 11 is 3.28. The number of piperidine rings is 3. The van der Waals surface area contributed by atoms with Crippen LogP contribution in [0.25, 0.3) is 55.0 Å². The largest absolute Gasteiger partial charge is 0.494 e. The first-order valence-corrected chi connectivity index (χ1v) is 40.7. The van der Waals surface area contributed by atoms with Crippen LogP contribution in [-0.4, -0.2) is 176 Å². The average molecular weight is 1580 g/mol. The van der Waals surface area contributed by atoms with Gasteiger partial charge in [0.2, 0.25) is 0 Å². The Bertz CT molecular complexity index is 4840. The fourth-order valence-corrected chi connectivity index (χ4v) is 18.9. The van der Waals surface area contributed by atoms with Gasteiger partial charge in [-0.1, -0.05) is 109 Å². The molecule has 6 atom stereocenters. The van der Waals surface area contributed by atoms with Crippen molar-refractivity contribution in [2.75, 3.05) is 59.1 Å². The number of carboxylic acid groups (broad SMARTS) is 3. The molecular formula is C90H96BBrN6O14. The number of amides is 3. The number of ether oxygens (including phenoxy) is 3. The molecule has 3 spiro atoms. The maximum Gasteiger partial charge on any atom is 0.494 e. The third-order valence-electron chi connectivity index (χ3n) is 26.3. The number of pyridine rings is 3. The van der Waals surface area contributed by atoms with Crippen molar-refractivity contribution in [3.63, 3.8) is 0 Å². The van der Waals surface area contributed by atoms with Gasteiger partial charge in [0.05, 0.1) is 44.4 Å². The Morgan fingerprint density at radius 3 is 1.04 bits per heavy atom. The Balaban J connectivity index is 0.000000117. The highest BCUT2D eigenvalue weighted by molar-refractivity contribution is 9.10. The lowest BCUT2D eigenvalue weighted by molar-refractivity contribution is -0.143. The lowest BCUT2D eigenvalue weighted by atomic mass is 9.78. The molecule has 19 rings (SSSR count). The van der Waals surface area contributed by atoms with E-state index < -0.39 is 17.9 Å². The second kappa shape index (κ2) is 31.2. The van der Waals surface area contributed by atoms with Crippen molar-refractivity contribution in [1.29, 1.82) is 0 Å². The lowest BCUT2D eigenvalue weighted by Crippen LogP contribution is -2.44. The van der Waals surface area contributed by atoms with Crippen LogP contribution in [0.15, 0.2) is 169 Å². The molecule has 6 aromatic carbocycles. The third kappa shape index (κ3) is 15.7. The van der Waals surface area contributed by atoms with E-state index in [9.17, 15) is 39.0 Å². The number of benzene rings is 6. The van der Waals surface area contributed by atoms with Gasteiger partial charge in [0.1, 0.15) is 18.3 Å². The Kier molecular flexibility index (Phi) is 21.4. The number of rotatable bonds is 12. The number of carbonyl (C=O) groups excluding carboxylic acids is 3. The predicted octanol–water partition coefficient (Wildman–Crippen LogP) is 15.7. The van der Waals surface area contributed by atoms with Crippen molar-refractivity contribution in [2.24, 2.45) is 16.2 Å². The molecule has 7 saturated heterocycles. The van der Waals surface area contributed by atoms with E-state index >= 15 is 0 Å². The highest BCUT2D eigenvalue weighted by Crippen LogP contribution is 2.67. The number of para-hydroxylation sites is 3. The van der Waals surface area contributed by atoms with Crippen LogP contribution in [0, 0.1) is 16.2 Å². The summed E-state index contributed by atoms with van der Waals surface area (Å²) in [7, 11) is -0.302. The van der Waals surface area contributed by atoms with Gasteiger partial charge in [0.15, 0.2) is 0 Å². The van der Waals surface area contributed by atoms with Gasteiger partial charge in [-0.25, -0.2) is 14.4 Å². The van der Waals surface area contributed by atoms with Crippen molar-refractivity contribution in [3.05, 3.63) is 202 Å². The van der Waals surface area contributed by atoms with E-state index in [4.69, 9.17) is 28.6 Å². The first-order valence-electron chi connectivity index (χ1n) is 39.9. The van der Waals surface area contributed by atoms with Crippen molar-refractivity contribution >= 4 is 96.8 Å². The summed E-state index contributed by atoms with van der Waals surface area (Å²) in [6.07, 6.45) is 20.2. The number of halogens is 1. The van der Waals surface area contributed by atoms with Crippen LogP contribution in [0.4, 0.5) is 0 Å². The normalized spacial score (nSPS) is 23.9. The van der Waals surface area contributed by atoms with E-state index in [0.29, 0.717) is 63.8 Å². The number of carboxylic acids is 3. The van der Waals surface area contributed by atoms with E-state index in [0.717, 1.165) is 171 Å². The Hall–Kier alpha value is -9.29. The van der Waals surface area contributed by atoms with Crippen molar-refractivity contribution in [1.82, 2.24) is 29.7 Å². The molecule has 3 N–H and O–H groups in total. The summed E-state index contributed by atoms with van der Waals surface area (Å²) < 4.78 is 30.0. The zero-order chi connectivity index (χ0) is 77.8. The molecule has 580 valence electrons. The molecule has 0 bridgehead atoms. The van der Waals surface area contributed by atoms with Gasteiger partial charge in [-0.15, -0.1) is 0 Å². The monoisotopic (exact) mass is 1570 g/mol. The number of fused-ring (bicyclic) bond motifs is 3. The van der Waals surface area contributed by atoms with Gasteiger partial charge in [0.25, 0.3) is 17.7 Å². The number of hydrogen-bond donors (Lipinski definition) is 3. The Morgan fingerprint density at radius 1 is 0.411 bits per heavy atom. The van der Waals surface area contributed by atoms with Crippen LogP contribution in [0.5, 0.6) is 0 Å². The van der Waals surface area contributed by atoms with Crippen LogP contribution in [0.1, 0.15) is 190 Å². The van der Waals surface area contributed by atoms with Crippen LogP contribution in [0.3, 0.4) is 0 Å². The number of carbonyl (C=O) groups is 6. The predicted molar refractivity (Wildman–Crippen MR) is 431 cm³/mol. The van der Waals surface area contributed by atoms with Gasteiger partial charge in [-0.05, 0) is 244 Å². The first kappa shape index (κ1) is 76.7. The highest BCUT2D eigenvalue weighted by Gasteiger charge is 2.59. The van der Waals surface area contributed by atoms with Crippen molar-refractivity contribution in [2.45, 2.75) is 171 Å². The van der Waals surface area contributed by atoms with Gasteiger partial charge in [-0.3, -0.25) is 29.3 Å². The zero-order valence-electron chi connectivity index (χ0n) is 64.0. The lowest BCUT2D eigenvalue weighted by Gasteiger charge is -2.34. The Labute approximate surface area is 661 Å². The third-order valence-corrected chi connectivity index (χ3v) is 26.8. The molecule has 22 heteroatoms. The molecule has 112 heavy (non-hydrogen) atoms. The molecule has 3 aliphatic carbocycles. The molecule has 0 radical (unpaired) electrons. The minimum absolute atomic E-state index is 0.184. The highest BCUT2D eigenvalue weighted by atomic mass is 79.9. The molecule has 10 heterocycles. The van der Waals surface area contributed by atoms with Gasteiger partial charge in [0, 0.05) is 109 Å². The SMILES string of the molecule is CC1(C)OB(c2ccc(C3CC34CCN(C(=O)[C@H]3CCCO3)CC4)cc2)OC1(C)C.O=C(O)c1cccc2cc(-c3ccc([C@@H]4CC45CCN(C(=O)[C@H]4CCCO4)CC5)cc3)cnc12.O=C(O)c1cccc2cc(-c3ccc([C@H]4CC45CCN(C(=O)[C@H]4CCCO4)CC5)cc3)cnc12.O=C(O)c1cccc2cc(Br)cnc12. The van der Waals surface area contributed by atoms with Gasteiger partial charge < -0.3 is 53.5 Å². The topological polar surface area (TPSA) is 258 Å². The summed E-state index contributed by atoms with van der Waals surface area (Å²) in [5.74, 6) is -0.543. The van der Waals surface area contributed by atoms with Crippen LogP contribution in [0.2, 0.25) is 0 Å². The van der Waals surface area contributed by atoms with Crippen molar-refractivity contribution in [3.8, 4) is 22.3 Å². The van der Waals surface area contributed by atoms with Crippen LogP contribution in [-0.2, 0) is 37.9 Å². The van der Waals surface area contributed by atoms with Gasteiger partial charge in [-0.2, -0.15) is 0 Å². The second-order valence-corrected chi connectivity index (χ2v) is 34.4. The molecule has 10 fully saturated rings. The molecule has 10 aliphatic rings. The van der Waals surface area contributed by atoms with E-state index in [1.807, 2.05) is 51.1 Å². The molecule has 1 unspecified atom stereocenters. The minimum atomic E-state index is -0.962. The zero-order valence-corrected chi connectivity index (χ0v) is 65.6. The molecule has 3 amide bonds. The van der Waals surface area contributed by atoms with Gasteiger partial charge >= 0.3 is 25.0 Å². The van der Waals surface area contributed by atoms with E-state index in [2.05, 4.69) is 131 Å². The molecule has 7 aliphatic heterocycles. The van der Waals surface area contributed by atoms with Crippen LogP contribution < -0.4 is 5.46 Å². The maximum atomic E-state index is 12.7. The summed E-state index contributed by atoms with van der Waals surface area (Å²) in [5, 5.41) is 30.1. The minimum Gasteiger partial charge on any atom is -0.478 e. The standard InChI is InChI=1S/2C28H28N2O4.C24H34BNO4.C10H6BrNO2/c2*31-26(24-5-2-14-34-24)30-12-10-28(11-13-30)16-23(28)19-8-6-18(7-9-19)21-15-20-3-1-4-22(27(32)33)25(20)29-17-21;1-22(2)23(3,4)30-25(29-22)18-9-7-17(8-10-18)19-16-24(19)11-13-26(14-12-24)21(27)20-6-5-15-28-20;11-7-4-6-2-1-3-8(10(13)14)9(6)12-5-7/h2*1,3-4,6-9,15,17,23-24H,2,5,10-14,16H2,(H,32,33);7-10,19-20H,5-6,11-16H2,1-4H3;1-5H,(H,13,14)/t23-,24+;23-,24-;19?,20-;/m011./s1. The number of aromatic nitrogens is 3. The number of likely N-dealkylation sites (tertiary alicyclic amines) is 3. The van der Waals surface area contributed by atoms with Crippen molar-refractivity contribution < 1.29 is 67.6 Å². The molecule has 9 aromatic rings. The molecule has 3 saturated carbocycles. The Morgan fingerprint density at radius 2 is 0.723 bits per heavy atom. The smallest absolute Gasteiger partial charge is 0.478 e. The fraction of sp³-hybridized carbons (Fsp3) is 0.433.